The molecule has 0 saturated carbocycles. The van der Waals surface area contributed by atoms with Crippen molar-refractivity contribution in [2.24, 2.45) is 0 Å². The highest BCUT2D eigenvalue weighted by Crippen LogP contribution is 2.30. The third-order valence-corrected chi connectivity index (χ3v) is 8.84. The maximum atomic E-state index is 13.3. The Hall–Kier alpha value is -2.29. The van der Waals surface area contributed by atoms with Gasteiger partial charge in [-0.25, -0.2) is 0 Å². The van der Waals surface area contributed by atoms with Crippen LogP contribution in [-0.4, -0.2) is 90.2 Å². The Bertz CT molecular complexity index is 1290. The summed E-state index contributed by atoms with van der Waals surface area (Å²) in [4.78, 5) is 21.0. The van der Waals surface area contributed by atoms with Crippen LogP contribution in [0.3, 0.4) is 0 Å². The Morgan fingerprint density at radius 1 is 0.951 bits per heavy atom. The van der Waals surface area contributed by atoms with E-state index in [9.17, 15) is 4.79 Å². The fourth-order valence-corrected chi connectivity index (χ4v) is 6.17. The molecule has 0 spiro atoms. The van der Waals surface area contributed by atoms with Crippen molar-refractivity contribution in [2.45, 2.75) is 59.3 Å². The van der Waals surface area contributed by atoms with E-state index in [-0.39, 0.29) is 5.91 Å². The second-order valence-corrected chi connectivity index (χ2v) is 12.3. The van der Waals surface area contributed by atoms with Gasteiger partial charge in [0.1, 0.15) is 5.75 Å². The highest BCUT2D eigenvalue weighted by Gasteiger charge is 2.21. The Morgan fingerprint density at radius 2 is 1.63 bits per heavy atom. The van der Waals surface area contributed by atoms with Gasteiger partial charge in [0.05, 0.1) is 28.2 Å². The van der Waals surface area contributed by atoms with Gasteiger partial charge < -0.3 is 19.5 Å². The van der Waals surface area contributed by atoms with Gasteiger partial charge in [0.25, 0.3) is 5.91 Å². The van der Waals surface area contributed by atoms with E-state index in [1.54, 1.807) is 19.2 Å². The van der Waals surface area contributed by atoms with Gasteiger partial charge >= 0.3 is 0 Å². The largest absolute Gasteiger partial charge is 0.495 e. The normalized spacial score (nSPS) is 15.0. The number of piperazine rings is 1. The quantitative estimate of drug-likeness (QED) is 0.260. The Labute approximate surface area is 255 Å². The molecule has 1 N–H and O–H groups in total. The Morgan fingerprint density at radius 3 is 2.27 bits per heavy atom. The topological polar surface area (TPSA) is 53.0 Å². The molecule has 0 unspecified atom stereocenters. The fourth-order valence-electron chi connectivity index (χ4n) is 5.85. The van der Waals surface area contributed by atoms with Crippen molar-refractivity contribution in [1.82, 2.24) is 24.6 Å². The van der Waals surface area contributed by atoms with E-state index < -0.39 is 0 Å². The zero-order valence-electron chi connectivity index (χ0n) is 25.1. The van der Waals surface area contributed by atoms with Gasteiger partial charge in [-0.3, -0.25) is 14.6 Å². The monoisotopic (exact) mass is 601 g/mol. The molecule has 7 nitrogen and oxygen atoms in total. The molecule has 41 heavy (non-hydrogen) atoms. The molecule has 1 fully saturated rings. The van der Waals surface area contributed by atoms with E-state index in [4.69, 9.17) is 27.9 Å². The van der Waals surface area contributed by atoms with Gasteiger partial charge in [-0.2, -0.15) is 0 Å². The summed E-state index contributed by atoms with van der Waals surface area (Å²) in [5, 5.41) is 4.90. The van der Waals surface area contributed by atoms with Gasteiger partial charge in [0.15, 0.2) is 0 Å². The number of nitrogens with zero attached hydrogens (tertiary/aromatic N) is 4. The summed E-state index contributed by atoms with van der Waals surface area (Å²) in [6.07, 6.45) is 2.96. The van der Waals surface area contributed by atoms with Crippen LogP contribution in [-0.2, 0) is 13.1 Å². The average molecular weight is 603 g/mol. The SMILES string of the molecule is COc1cccc2c(C(=O)NCc3ccc(Cl)c(Cl)c3)cn(CCCN3CCN(CCN(C(C)C)C(C)C)CC3)c12. The van der Waals surface area contributed by atoms with Crippen LogP contribution in [0.5, 0.6) is 5.75 Å². The summed E-state index contributed by atoms with van der Waals surface area (Å²) in [7, 11) is 1.68. The lowest BCUT2D eigenvalue weighted by Crippen LogP contribution is -2.50. The van der Waals surface area contributed by atoms with Crippen molar-refractivity contribution in [3.8, 4) is 5.75 Å². The van der Waals surface area contributed by atoms with Crippen LogP contribution in [0, 0.1) is 0 Å². The molecular formula is C32H45Cl2N5O2. The summed E-state index contributed by atoms with van der Waals surface area (Å²) < 4.78 is 7.86. The van der Waals surface area contributed by atoms with E-state index in [1.807, 2.05) is 30.5 Å². The molecule has 2 aromatic carbocycles. The second kappa shape index (κ2) is 14.7. The van der Waals surface area contributed by atoms with Crippen molar-refractivity contribution in [3.63, 3.8) is 0 Å². The number of carbonyl (C=O) groups is 1. The molecule has 0 aliphatic carbocycles. The standard InChI is InChI=1S/C32H45Cl2N5O2/c1-23(2)39(24(3)4)19-18-37-16-14-36(15-17-37)12-7-13-38-22-27(26-8-6-9-30(41-5)31(26)38)32(40)35-21-25-10-11-28(33)29(34)20-25/h6,8-11,20,22-24H,7,12-19,21H2,1-5H3,(H,35,40). The first kappa shape index (κ1) is 31.6. The van der Waals surface area contributed by atoms with Gasteiger partial charge in [0.2, 0.25) is 0 Å². The lowest BCUT2D eigenvalue weighted by atomic mass is 10.1. The fraction of sp³-hybridized carbons (Fsp3) is 0.531. The first-order valence-corrected chi connectivity index (χ1v) is 15.5. The van der Waals surface area contributed by atoms with Crippen LogP contribution in [0.1, 0.15) is 50.0 Å². The molecule has 4 rings (SSSR count). The average Bonchev–Trinajstić information content (AvgIpc) is 3.33. The van der Waals surface area contributed by atoms with E-state index in [1.165, 1.54) is 0 Å². The molecule has 3 aromatic rings. The number of hydrogen-bond donors (Lipinski definition) is 1. The number of fused-ring (bicyclic) bond motifs is 1. The van der Waals surface area contributed by atoms with Crippen molar-refractivity contribution >= 4 is 40.0 Å². The summed E-state index contributed by atoms with van der Waals surface area (Å²) in [5.74, 6) is 0.647. The molecule has 9 heteroatoms. The highest BCUT2D eigenvalue weighted by molar-refractivity contribution is 6.42. The number of amides is 1. The maximum Gasteiger partial charge on any atom is 0.253 e. The van der Waals surface area contributed by atoms with E-state index >= 15 is 0 Å². The van der Waals surface area contributed by atoms with Crippen LogP contribution < -0.4 is 10.1 Å². The molecule has 1 aromatic heterocycles. The lowest BCUT2D eigenvalue weighted by Gasteiger charge is -2.37. The number of ether oxygens (including phenoxy) is 1. The van der Waals surface area contributed by atoms with Crippen LogP contribution in [0.2, 0.25) is 10.0 Å². The van der Waals surface area contributed by atoms with Crippen molar-refractivity contribution in [1.29, 1.82) is 0 Å². The summed E-state index contributed by atoms with van der Waals surface area (Å²) in [6, 6.07) is 12.4. The van der Waals surface area contributed by atoms with Crippen LogP contribution in [0.15, 0.2) is 42.6 Å². The predicted molar refractivity (Wildman–Crippen MR) is 171 cm³/mol. The summed E-state index contributed by atoms with van der Waals surface area (Å²) in [5.41, 5.74) is 2.50. The molecule has 224 valence electrons. The summed E-state index contributed by atoms with van der Waals surface area (Å²) >= 11 is 12.2. The first-order valence-electron chi connectivity index (χ1n) is 14.8. The molecule has 1 aliphatic rings. The van der Waals surface area contributed by atoms with Crippen LogP contribution in [0.25, 0.3) is 10.9 Å². The zero-order valence-corrected chi connectivity index (χ0v) is 26.6. The third kappa shape index (κ3) is 8.17. The molecule has 0 bridgehead atoms. The smallest absolute Gasteiger partial charge is 0.253 e. The van der Waals surface area contributed by atoms with E-state index in [0.29, 0.717) is 34.2 Å². The Kier molecular flexibility index (Phi) is 11.4. The zero-order chi connectivity index (χ0) is 29.5. The van der Waals surface area contributed by atoms with Gasteiger partial charge in [-0.1, -0.05) is 41.4 Å². The van der Waals surface area contributed by atoms with E-state index in [0.717, 1.165) is 81.0 Å². The first-order chi connectivity index (χ1) is 19.7. The highest BCUT2D eigenvalue weighted by atomic mass is 35.5. The molecular weight excluding hydrogens is 557 g/mol. The van der Waals surface area contributed by atoms with Gasteiger partial charge in [0, 0.05) is 76.0 Å². The number of aryl methyl sites for hydroxylation is 1. The minimum atomic E-state index is -0.127. The van der Waals surface area contributed by atoms with Gasteiger partial charge in [-0.05, 0) is 64.4 Å². The molecule has 1 aliphatic heterocycles. The molecule has 1 amide bonds. The number of benzene rings is 2. The van der Waals surface area contributed by atoms with Crippen LogP contribution in [0.4, 0.5) is 0 Å². The summed E-state index contributed by atoms with van der Waals surface area (Å²) in [6.45, 7) is 18.1. The van der Waals surface area contributed by atoms with Crippen molar-refractivity contribution < 1.29 is 9.53 Å². The number of rotatable bonds is 13. The van der Waals surface area contributed by atoms with Crippen molar-refractivity contribution in [2.75, 3.05) is 52.9 Å². The van der Waals surface area contributed by atoms with Gasteiger partial charge in [-0.15, -0.1) is 0 Å². The maximum absolute atomic E-state index is 13.3. The minimum Gasteiger partial charge on any atom is -0.495 e. The number of hydrogen-bond acceptors (Lipinski definition) is 5. The number of carbonyl (C=O) groups excluding carboxylic acids is 1. The molecule has 0 atom stereocenters. The number of methoxy groups -OCH3 is 1. The Balaban J connectivity index is 1.34. The van der Waals surface area contributed by atoms with Crippen LogP contribution >= 0.6 is 23.2 Å². The number of aromatic nitrogens is 1. The second-order valence-electron chi connectivity index (χ2n) is 11.5. The molecule has 2 heterocycles. The minimum absolute atomic E-state index is 0.127. The molecule has 0 radical (unpaired) electrons. The molecule has 1 saturated heterocycles. The van der Waals surface area contributed by atoms with E-state index in [2.05, 4.69) is 52.3 Å². The predicted octanol–water partition coefficient (Wildman–Crippen LogP) is 6.01. The number of para-hydroxylation sites is 1. The number of halogens is 2. The van der Waals surface area contributed by atoms with Crippen molar-refractivity contribution in [3.05, 3.63) is 63.8 Å². The number of nitrogens with one attached hydrogen (secondary N) is 1. The third-order valence-electron chi connectivity index (χ3n) is 8.10. The lowest BCUT2D eigenvalue weighted by molar-refractivity contribution is 0.0952.